The third-order valence-corrected chi connectivity index (χ3v) is 5.16. The van der Waals surface area contributed by atoms with Crippen LogP contribution in [0.15, 0.2) is 24.4 Å². The summed E-state index contributed by atoms with van der Waals surface area (Å²) in [7, 11) is 3.07. The van der Waals surface area contributed by atoms with Gasteiger partial charge in [0, 0.05) is 25.1 Å². The van der Waals surface area contributed by atoms with Crippen LogP contribution in [0.1, 0.15) is 52.8 Å². The van der Waals surface area contributed by atoms with Gasteiger partial charge >= 0.3 is 0 Å². The Hall–Kier alpha value is -2.87. The Kier molecular flexibility index (Phi) is 5.04. The molecular weight excluding hydrogens is 362 g/mol. The highest BCUT2D eigenvalue weighted by molar-refractivity contribution is 6.12. The fraction of sp³-hybridized carbons (Fsp3) is 0.450. The summed E-state index contributed by atoms with van der Waals surface area (Å²) in [5, 5.41) is 4.45. The second-order valence-electron chi connectivity index (χ2n) is 6.86. The van der Waals surface area contributed by atoms with E-state index in [1.165, 1.54) is 7.11 Å². The zero-order valence-electron chi connectivity index (χ0n) is 16.0. The van der Waals surface area contributed by atoms with Crippen molar-refractivity contribution in [1.82, 2.24) is 9.78 Å². The average Bonchev–Trinajstić information content (AvgIpc) is 3.20. The quantitative estimate of drug-likeness (QED) is 0.805. The largest absolute Gasteiger partial charge is 0.493 e. The normalized spacial score (nSPS) is 19.3. The molecule has 2 aliphatic rings. The number of carbonyl (C=O) groups is 2. The van der Waals surface area contributed by atoms with Crippen molar-refractivity contribution in [3.63, 3.8) is 0 Å². The number of aromatic nitrogens is 2. The van der Waals surface area contributed by atoms with Crippen LogP contribution in [0.4, 0.5) is 5.69 Å². The average molecular weight is 385 g/mol. The topological polar surface area (TPSA) is 82.9 Å². The van der Waals surface area contributed by atoms with E-state index in [4.69, 9.17) is 14.2 Å². The minimum atomic E-state index is -0.209. The van der Waals surface area contributed by atoms with E-state index in [1.807, 2.05) is 0 Å². The predicted molar refractivity (Wildman–Crippen MR) is 101 cm³/mol. The number of anilines is 1. The van der Waals surface area contributed by atoms with Gasteiger partial charge in [-0.25, -0.2) is 4.68 Å². The van der Waals surface area contributed by atoms with Crippen LogP contribution in [0.5, 0.6) is 11.5 Å². The number of rotatable bonds is 4. The molecule has 3 heterocycles. The Labute approximate surface area is 163 Å². The lowest BCUT2D eigenvalue weighted by atomic mass is 10.1. The summed E-state index contributed by atoms with van der Waals surface area (Å²) in [6, 6.07) is 5.03. The zero-order valence-corrected chi connectivity index (χ0v) is 16.0. The molecule has 1 atom stereocenters. The van der Waals surface area contributed by atoms with E-state index in [0.29, 0.717) is 41.6 Å². The number of fused-ring (bicyclic) bond motifs is 1. The standard InChI is InChI=1S/C20H23N3O5/c1-26-16-7-6-13(11-17(16)27-2)20(25)22-9-8-15(24)19-14(22)12-23(21-19)18-5-3-4-10-28-18/h6-7,11-12,18H,3-5,8-10H2,1-2H3. The van der Waals surface area contributed by atoms with Crippen molar-refractivity contribution in [2.75, 3.05) is 32.3 Å². The summed E-state index contributed by atoms with van der Waals surface area (Å²) in [6.07, 6.45) is 4.73. The lowest BCUT2D eigenvalue weighted by Crippen LogP contribution is -2.37. The summed E-state index contributed by atoms with van der Waals surface area (Å²) in [5.74, 6) is 0.767. The van der Waals surface area contributed by atoms with E-state index < -0.39 is 0 Å². The van der Waals surface area contributed by atoms with Gasteiger partial charge in [-0.05, 0) is 37.5 Å². The minimum absolute atomic E-state index is 0.0547. The van der Waals surface area contributed by atoms with Gasteiger partial charge in [-0.15, -0.1) is 0 Å². The molecule has 2 aromatic rings. The third-order valence-electron chi connectivity index (χ3n) is 5.16. The molecule has 1 unspecified atom stereocenters. The Bertz CT molecular complexity index is 901. The number of ketones is 1. The smallest absolute Gasteiger partial charge is 0.258 e. The highest BCUT2D eigenvalue weighted by Crippen LogP contribution is 2.33. The van der Waals surface area contributed by atoms with Gasteiger partial charge in [0.15, 0.2) is 23.0 Å². The number of Topliss-reactive ketones (excluding diaryl/α,β-unsaturated/α-hetero) is 1. The number of amides is 1. The van der Waals surface area contributed by atoms with Gasteiger partial charge < -0.3 is 19.1 Å². The van der Waals surface area contributed by atoms with Gasteiger partial charge in [0.05, 0.1) is 26.1 Å². The molecule has 2 aliphatic heterocycles. The van der Waals surface area contributed by atoms with E-state index in [1.54, 1.807) is 41.1 Å². The molecule has 1 saturated heterocycles. The molecule has 1 amide bonds. The Balaban J connectivity index is 1.66. The second kappa shape index (κ2) is 7.63. The first-order valence-corrected chi connectivity index (χ1v) is 9.40. The second-order valence-corrected chi connectivity index (χ2v) is 6.86. The van der Waals surface area contributed by atoms with E-state index in [9.17, 15) is 9.59 Å². The molecule has 0 bridgehead atoms. The molecule has 8 heteroatoms. The summed E-state index contributed by atoms with van der Waals surface area (Å²) in [4.78, 5) is 27.2. The summed E-state index contributed by atoms with van der Waals surface area (Å²) in [5.41, 5.74) is 1.32. The fourth-order valence-corrected chi connectivity index (χ4v) is 3.65. The van der Waals surface area contributed by atoms with E-state index in [-0.39, 0.29) is 24.3 Å². The first kappa shape index (κ1) is 18.5. The Morgan fingerprint density at radius 2 is 2.04 bits per heavy atom. The van der Waals surface area contributed by atoms with E-state index >= 15 is 0 Å². The van der Waals surface area contributed by atoms with Crippen LogP contribution in [-0.2, 0) is 4.74 Å². The zero-order chi connectivity index (χ0) is 19.7. The molecule has 28 heavy (non-hydrogen) atoms. The molecule has 148 valence electrons. The van der Waals surface area contributed by atoms with Gasteiger partial charge in [0.1, 0.15) is 6.23 Å². The molecule has 0 spiro atoms. The lowest BCUT2D eigenvalue weighted by Gasteiger charge is -2.25. The first-order chi connectivity index (χ1) is 13.6. The fourth-order valence-electron chi connectivity index (χ4n) is 3.65. The highest BCUT2D eigenvalue weighted by atomic mass is 16.5. The summed E-state index contributed by atoms with van der Waals surface area (Å²) in [6.45, 7) is 0.994. The van der Waals surface area contributed by atoms with Crippen LogP contribution in [0, 0.1) is 0 Å². The van der Waals surface area contributed by atoms with Crippen molar-refractivity contribution in [3.8, 4) is 11.5 Å². The molecule has 0 aliphatic carbocycles. The number of hydrogen-bond donors (Lipinski definition) is 0. The number of carbonyl (C=O) groups excluding carboxylic acids is 2. The molecule has 0 radical (unpaired) electrons. The van der Waals surface area contributed by atoms with Gasteiger partial charge in [0.2, 0.25) is 0 Å². The predicted octanol–water partition coefficient (Wildman–Crippen LogP) is 2.83. The maximum absolute atomic E-state index is 13.2. The number of ether oxygens (including phenoxy) is 3. The van der Waals surface area contributed by atoms with Crippen molar-refractivity contribution in [1.29, 1.82) is 0 Å². The van der Waals surface area contributed by atoms with Crippen molar-refractivity contribution < 1.29 is 23.8 Å². The number of hydrogen-bond acceptors (Lipinski definition) is 6. The monoisotopic (exact) mass is 385 g/mol. The number of benzene rings is 1. The van der Waals surface area contributed by atoms with Crippen molar-refractivity contribution in [2.24, 2.45) is 0 Å². The number of nitrogens with zero attached hydrogens (tertiary/aromatic N) is 3. The van der Waals surface area contributed by atoms with Gasteiger partial charge in [0.25, 0.3) is 5.91 Å². The van der Waals surface area contributed by atoms with Gasteiger partial charge in [-0.1, -0.05) is 0 Å². The van der Waals surface area contributed by atoms with Crippen LogP contribution in [0.2, 0.25) is 0 Å². The summed E-state index contributed by atoms with van der Waals surface area (Å²) >= 11 is 0. The van der Waals surface area contributed by atoms with Gasteiger partial charge in [-0.2, -0.15) is 5.10 Å². The lowest BCUT2D eigenvalue weighted by molar-refractivity contribution is -0.0395. The van der Waals surface area contributed by atoms with Crippen molar-refractivity contribution in [2.45, 2.75) is 31.9 Å². The van der Waals surface area contributed by atoms with E-state index in [0.717, 1.165) is 19.3 Å². The third kappa shape index (κ3) is 3.24. The summed E-state index contributed by atoms with van der Waals surface area (Å²) < 4.78 is 18.0. The van der Waals surface area contributed by atoms with Crippen LogP contribution >= 0.6 is 0 Å². The van der Waals surface area contributed by atoms with Crippen LogP contribution in [0.25, 0.3) is 0 Å². The molecule has 0 saturated carbocycles. The highest BCUT2D eigenvalue weighted by Gasteiger charge is 2.33. The van der Waals surface area contributed by atoms with Crippen molar-refractivity contribution in [3.05, 3.63) is 35.7 Å². The van der Waals surface area contributed by atoms with Crippen LogP contribution < -0.4 is 14.4 Å². The van der Waals surface area contributed by atoms with Crippen molar-refractivity contribution >= 4 is 17.4 Å². The SMILES string of the molecule is COc1ccc(C(=O)N2CCC(=O)c3nn(C4CCCCO4)cc32)cc1OC. The molecule has 0 N–H and O–H groups in total. The van der Waals surface area contributed by atoms with Crippen LogP contribution in [-0.4, -0.2) is 48.8 Å². The Morgan fingerprint density at radius 1 is 1.21 bits per heavy atom. The Morgan fingerprint density at radius 3 is 2.75 bits per heavy atom. The molecule has 1 aromatic heterocycles. The first-order valence-electron chi connectivity index (χ1n) is 9.40. The van der Waals surface area contributed by atoms with Crippen LogP contribution in [0.3, 0.4) is 0 Å². The maximum atomic E-state index is 13.2. The molecular formula is C20H23N3O5. The molecule has 4 rings (SSSR count). The van der Waals surface area contributed by atoms with E-state index in [2.05, 4.69) is 5.10 Å². The van der Waals surface area contributed by atoms with Gasteiger partial charge in [-0.3, -0.25) is 9.59 Å². The molecule has 1 aromatic carbocycles. The maximum Gasteiger partial charge on any atom is 0.258 e. The molecule has 8 nitrogen and oxygen atoms in total. The molecule has 1 fully saturated rings. The minimum Gasteiger partial charge on any atom is -0.493 e. The number of methoxy groups -OCH3 is 2.